The number of rotatable bonds is 6. The lowest BCUT2D eigenvalue weighted by Crippen LogP contribution is -2.43. The van der Waals surface area contributed by atoms with E-state index in [0.717, 1.165) is 27.7 Å². The van der Waals surface area contributed by atoms with Crippen LogP contribution in [-0.2, 0) is 23.0 Å². The number of hydrogen-bond acceptors (Lipinski definition) is 4. The van der Waals surface area contributed by atoms with Crippen molar-refractivity contribution in [3.05, 3.63) is 64.8 Å². The van der Waals surface area contributed by atoms with Crippen LogP contribution in [-0.4, -0.2) is 54.2 Å². The molecule has 0 aliphatic carbocycles. The first kappa shape index (κ1) is 20.9. The first-order valence-electron chi connectivity index (χ1n) is 10.4. The summed E-state index contributed by atoms with van der Waals surface area (Å²) in [7, 11) is 1.92. The van der Waals surface area contributed by atoms with E-state index in [1.807, 2.05) is 61.0 Å². The monoisotopic (exact) mass is 421 g/mol. The number of primary amides is 1. The van der Waals surface area contributed by atoms with Gasteiger partial charge in [-0.15, -0.1) is 0 Å². The van der Waals surface area contributed by atoms with Gasteiger partial charge in [0.2, 0.25) is 0 Å². The van der Waals surface area contributed by atoms with Crippen molar-refractivity contribution >= 4 is 22.7 Å². The number of aromatic nitrogens is 1. The van der Waals surface area contributed by atoms with Gasteiger partial charge in [-0.3, -0.25) is 9.59 Å². The Morgan fingerprint density at radius 2 is 1.81 bits per heavy atom. The maximum atomic E-state index is 12.6. The minimum Gasteiger partial charge on any atom is -0.483 e. The summed E-state index contributed by atoms with van der Waals surface area (Å²) in [6.45, 7) is 4.05. The first-order valence-corrected chi connectivity index (χ1v) is 10.4. The third-order valence-corrected chi connectivity index (χ3v) is 5.91. The lowest BCUT2D eigenvalue weighted by atomic mass is 9.97. The number of amides is 2. The van der Waals surface area contributed by atoms with E-state index >= 15 is 0 Å². The second kappa shape index (κ2) is 8.81. The van der Waals surface area contributed by atoms with Gasteiger partial charge < -0.3 is 24.7 Å². The number of hydrogen-bond donors (Lipinski definition) is 1. The van der Waals surface area contributed by atoms with Crippen molar-refractivity contribution in [2.45, 2.75) is 13.3 Å². The molecule has 162 valence electrons. The Balaban J connectivity index is 1.75. The molecule has 2 aromatic carbocycles. The summed E-state index contributed by atoms with van der Waals surface area (Å²) in [5.74, 6) is 0.0402. The normalized spacial score (nSPS) is 14.1. The fraction of sp³-hybridized carbons (Fsp3) is 0.333. The Morgan fingerprint density at radius 1 is 1.10 bits per heavy atom. The molecule has 1 fully saturated rings. The quantitative estimate of drug-likeness (QED) is 0.662. The Kier molecular flexibility index (Phi) is 5.95. The van der Waals surface area contributed by atoms with E-state index in [1.165, 1.54) is 0 Å². The summed E-state index contributed by atoms with van der Waals surface area (Å²) in [4.78, 5) is 26.7. The van der Waals surface area contributed by atoms with Crippen LogP contribution < -0.4 is 10.5 Å². The number of nitrogens with zero attached hydrogens (tertiary/aromatic N) is 2. The molecule has 0 bridgehead atoms. The van der Waals surface area contributed by atoms with Crippen LogP contribution >= 0.6 is 0 Å². The average molecular weight is 421 g/mol. The van der Waals surface area contributed by atoms with E-state index in [1.54, 1.807) is 4.90 Å². The Labute approximate surface area is 181 Å². The smallest absolute Gasteiger partial charge is 0.260 e. The van der Waals surface area contributed by atoms with Gasteiger partial charge in [-0.1, -0.05) is 30.3 Å². The Bertz CT molecular complexity index is 1120. The van der Waals surface area contributed by atoms with Gasteiger partial charge in [0.1, 0.15) is 5.75 Å². The van der Waals surface area contributed by atoms with Crippen LogP contribution in [0.2, 0.25) is 0 Å². The van der Waals surface area contributed by atoms with Gasteiger partial charge >= 0.3 is 0 Å². The second-order valence-corrected chi connectivity index (χ2v) is 7.76. The molecule has 4 rings (SSSR count). The van der Waals surface area contributed by atoms with Crippen molar-refractivity contribution < 1.29 is 19.1 Å². The lowest BCUT2D eigenvalue weighted by Gasteiger charge is -2.27. The van der Waals surface area contributed by atoms with E-state index in [4.69, 9.17) is 15.2 Å². The molecule has 0 radical (unpaired) electrons. The standard InChI is InChI=1S/C24H27N3O4/c1-16-22(24(25)29)23-18(14-17-6-4-3-5-7-17)20(9-8-19(23)26(16)2)31-15-21(28)27-10-12-30-13-11-27/h3-9H,10-15H2,1-2H3,(H2,25,29). The molecule has 31 heavy (non-hydrogen) atoms. The number of ether oxygens (including phenoxy) is 2. The van der Waals surface area contributed by atoms with Crippen LogP contribution in [0, 0.1) is 6.92 Å². The summed E-state index contributed by atoms with van der Waals surface area (Å²) in [5, 5.41) is 0.785. The fourth-order valence-corrected chi connectivity index (χ4v) is 4.16. The molecule has 1 aliphatic heterocycles. The van der Waals surface area contributed by atoms with Gasteiger partial charge in [0.25, 0.3) is 11.8 Å². The Morgan fingerprint density at radius 3 is 2.48 bits per heavy atom. The van der Waals surface area contributed by atoms with Crippen molar-refractivity contribution in [3.63, 3.8) is 0 Å². The van der Waals surface area contributed by atoms with Gasteiger partial charge in [-0.2, -0.15) is 0 Å². The van der Waals surface area contributed by atoms with Gasteiger partial charge in [0.15, 0.2) is 6.61 Å². The maximum Gasteiger partial charge on any atom is 0.260 e. The predicted octanol–water partition coefficient (Wildman–Crippen LogP) is 2.41. The van der Waals surface area contributed by atoms with Crippen LogP contribution in [0.1, 0.15) is 27.2 Å². The number of carbonyl (C=O) groups is 2. The molecule has 3 aromatic rings. The summed E-state index contributed by atoms with van der Waals surface area (Å²) < 4.78 is 13.3. The highest BCUT2D eigenvalue weighted by Gasteiger charge is 2.23. The number of fused-ring (bicyclic) bond motifs is 1. The highest BCUT2D eigenvalue weighted by atomic mass is 16.5. The van der Waals surface area contributed by atoms with Gasteiger partial charge in [0, 0.05) is 48.7 Å². The van der Waals surface area contributed by atoms with E-state index in [0.29, 0.717) is 44.0 Å². The zero-order chi connectivity index (χ0) is 22.0. The third kappa shape index (κ3) is 4.14. The summed E-state index contributed by atoms with van der Waals surface area (Å²) in [6, 6.07) is 13.8. The number of aryl methyl sites for hydroxylation is 1. The molecular formula is C24H27N3O4. The van der Waals surface area contributed by atoms with Gasteiger partial charge in [-0.05, 0) is 24.6 Å². The molecule has 0 spiro atoms. The fourth-order valence-electron chi connectivity index (χ4n) is 4.16. The van der Waals surface area contributed by atoms with Gasteiger partial charge in [0.05, 0.1) is 18.8 Å². The topological polar surface area (TPSA) is 86.8 Å². The van der Waals surface area contributed by atoms with Crippen LogP contribution in [0.4, 0.5) is 0 Å². The number of benzene rings is 2. The maximum absolute atomic E-state index is 12.6. The molecule has 0 unspecified atom stereocenters. The van der Waals surface area contributed by atoms with Crippen LogP contribution in [0.25, 0.3) is 10.9 Å². The molecule has 2 amide bonds. The molecule has 1 saturated heterocycles. The molecule has 1 aliphatic rings. The minimum absolute atomic E-state index is 0.0645. The zero-order valence-electron chi connectivity index (χ0n) is 17.9. The number of nitrogens with two attached hydrogens (primary N) is 1. The SMILES string of the molecule is Cc1c(C(N)=O)c2c(Cc3ccccc3)c(OCC(=O)N3CCOCC3)ccc2n1C. The van der Waals surface area contributed by atoms with Crippen LogP contribution in [0.3, 0.4) is 0 Å². The Hall–Kier alpha value is -3.32. The van der Waals surface area contributed by atoms with E-state index < -0.39 is 5.91 Å². The minimum atomic E-state index is -0.473. The largest absolute Gasteiger partial charge is 0.483 e. The van der Waals surface area contributed by atoms with Gasteiger partial charge in [-0.25, -0.2) is 0 Å². The molecule has 7 nitrogen and oxygen atoms in total. The van der Waals surface area contributed by atoms with E-state index in [2.05, 4.69) is 0 Å². The summed E-state index contributed by atoms with van der Waals surface area (Å²) in [5.41, 5.74) is 9.90. The van der Waals surface area contributed by atoms with Crippen molar-refractivity contribution in [2.24, 2.45) is 12.8 Å². The molecule has 0 atom stereocenters. The summed E-state index contributed by atoms with van der Waals surface area (Å²) >= 11 is 0. The highest BCUT2D eigenvalue weighted by molar-refractivity contribution is 6.09. The number of carbonyl (C=O) groups excluding carboxylic acids is 2. The third-order valence-electron chi connectivity index (χ3n) is 5.91. The first-order chi connectivity index (χ1) is 15.0. The number of morpholine rings is 1. The zero-order valence-corrected chi connectivity index (χ0v) is 17.9. The molecule has 7 heteroatoms. The molecule has 2 N–H and O–H groups in total. The lowest BCUT2D eigenvalue weighted by molar-refractivity contribution is -0.137. The van der Waals surface area contributed by atoms with E-state index in [9.17, 15) is 9.59 Å². The van der Waals surface area contributed by atoms with Crippen molar-refractivity contribution in [1.29, 1.82) is 0 Å². The highest BCUT2D eigenvalue weighted by Crippen LogP contribution is 2.35. The van der Waals surface area contributed by atoms with E-state index in [-0.39, 0.29) is 12.5 Å². The average Bonchev–Trinajstić information content (AvgIpc) is 3.05. The molecule has 2 heterocycles. The molecule has 1 aromatic heterocycles. The van der Waals surface area contributed by atoms with Crippen LogP contribution in [0.5, 0.6) is 5.75 Å². The van der Waals surface area contributed by atoms with Crippen LogP contribution in [0.15, 0.2) is 42.5 Å². The van der Waals surface area contributed by atoms with Crippen molar-refractivity contribution in [3.8, 4) is 5.75 Å². The summed E-state index contributed by atoms with van der Waals surface area (Å²) in [6.07, 6.45) is 0.559. The molecule has 0 saturated carbocycles. The molecular weight excluding hydrogens is 394 g/mol. The predicted molar refractivity (Wildman–Crippen MR) is 118 cm³/mol. The second-order valence-electron chi connectivity index (χ2n) is 7.76. The van der Waals surface area contributed by atoms with Crippen molar-refractivity contribution in [1.82, 2.24) is 9.47 Å². The van der Waals surface area contributed by atoms with Crippen molar-refractivity contribution in [2.75, 3.05) is 32.9 Å².